The van der Waals surface area contributed by atoms with Crippen molar-refractivity contribution in [2.75, 3.05) is 0 Å². The third kappa shape index (κ3) is 5.47. The Balaban J connectivity index is 3.54. The van der Waals surface area contributed by atoms with E-state index in [1.807, 2.05) is 0 Å². The van der Waals surface area contributed by atoms with Crippen molar-refractivity contribution in [3.63, 3.8) is 0 Å². The Bertz CT molecular complexity index is 144. The fourth-order valence-corrected chi connectivity index (χ4v) is 0.742. The first-order valence-corrected chi connectivity index (χ1v) is 3.76. The maximum atomic E-state index is 9.90. The summed E-state index contributed by atoms with van der Waals surface area (Å²) in [5.74, 6) is 3.00. The van der Waals surface area contributed by atoms with E-state index < -0.39 is 0 Å². The summed E-state index contributed by atoms with van der Waals surface area (Å²) in [5.41, 5.74) is 0. The van der Waals surface area contributed by atoms with E-state index >= 15 is 0 Å². The second-order valence-electron chi connectivity index (χ2n) is 2.86. The smallest absolute Gasteiger partial charge is 0.294 e. The van der Waals surface area contributed by atoms with Crippen LogP contribution in [0.5, 0.6) is 0 Å². The number of hydrogen-bond donors (Lipinski definition) is 0. The fourth-order valence-electron chi connectivity index (χ4n) is 0.742. The molecule has 0 aliphatic rings. The standard InChI is InChI=1S/C9H14O2/c1-4-9(11-7-10)6-5-8(2)3/h1,7-9H,5-6H2,2-3H3. The zero-order valence-corrected chi connectivity index (χ0v) is 7.04. The van der Waals surface area contributed by atoms with Gasteiger partial charge >= 0.3 is 0 Å². The molecule has 0 aliphatic carbocycles. The first kappa shape index (κ1) is 10.0. The topological polar surface area (TPSA) is 26.3 Å². The van der Waals surface area contributed by atoms with Crippen LogP contribution in [0.3, 0.4) is 0 Å². The van der Waals surface area contributed by atoms with E-state index in [4.69, 9.17) is 6.42 Å². The van der Waals surface area contributed by atoms with Gasteiger partial charge in [-0.2, -0.15) is 0 Å². The fraction of sp³-hybridized carbons (Fsp3) is 0.667. The van der Waals surface area contributed by atoms with Crippen molar-refractivity contribution in [1.29, 1.82) is 0 Å². The Morgan fingerprint density at radius 1 is 1.55 bits per heavy atom. The minimum Gasteiger partial charge on any atom is -0.451 e. The summed E-state index contributed by atoms with van der Waals surface area (Å²) < 4.78 is 4.62. The van der Waals surface area contributed by atoms with E-state index in [9.17, 15) is 4.79 Å². The Labute approximate surface area is 67.9 Å². The van der Waals surface area contributed by atoms with Crippen LogP contribution in [-0.4, -0.2) is 12.6 Å². The molecule has 1 atom stereocenters. The lowest BCUT2D eigenvalue weighted by Gasteiger charge is -2.09. The van der Waals surface area contributed by atoms with Crippen LogP contribution in [0.4, 0.5) is 0 Å². The molecule has 0 saturated carbocycles. The lowest BCUT2D eigenvalue weighted by Crippen LogP contribution is -2.09. The predicted octanol–water partition coefficient (Wildman–Crippen LogP) is 1.60. The number of carbonyl (C=O) groups is 1. The van der Waals surface area contributed by atoms with Gasteiger partial charge in [-0.25, -0.2) is 0 Å². The molecular formula is C9H14O2. The molecule has 0 amide bonds. The van der Waals surface area contributed by atoms with Gasteiger partial charge in [0.15, 0.2) is 6.10 Å². The molecular weight excluding hydrogens is 140 g/mol. The van der Waals surface area contributed by atoms with Gasteiger partial charge < -0.3 is 4.74 Å². The van der Waals surface area contributed by atoms with Crippen molar-refractivity contribution in [3.05, 3.63) is 0 Å². The van der Waals surface area contributed by atoms with Crippen molar-refractivity contribution in [2.24, 2.45) is 5.92 Å². The third-order valence-corrected chi connectivity index (χ3v) is 1.41. The molecule has 0 aliphatic heterocycles. The first-order valence-electron chi connectivity index (χ1n) is 3.76. The summed E-state index contributed by atoms with van der Waals surface area (Å²) in [6.45, 7) is 4.62. The lowest BCUT2D eigenvalue weighted by atomic mass is 10.1. The molecule has 2 heteroatoms. The molecule has 0 rings (SSSR count). The molecule has 0 aromatic rings. The molecule has 0 fully saturated rings. The maximum absolute atomic E-state index is 9.90. The SMILES string of the molecule is C#CC(CCC(C)C)OC=O. The van der Waals surface area contributed by atoms with Crippen molar-refractivity contribution >= 4 is 6.47 Å². The number of carbonyl (C=O) groups excluding carboxylic acids is 1. The highest BCUT2D eigenvalue weighted by Gasteiger charge is 2.05. The normalized spacial score (nSPS) is 12.2. The van der Waals surface area contributed by atoms with Gasteiger partial charge in [0.05, 0.1) is 0 Å². The average Bonchev–Trinajstić information content (AvgIpc) is 1.97. The van der Waals surface area contributed by atoms with Crippen LogP contribution in [0.1, 0.15) is 26.7 Å². The second-order valence-corrected chi connectivity index (χ2v) is 2.86. The minimum absolute atomic E-state index is 0.338. The molecule has 0 spiro atoms. The Kier molecular flexibility index (Phi) is 5.28. The molecule has 11 heavy (non-hydrogen) atoms. The largest absolute Gasteiger partial charge is 0.451 e. The third-order valence-electron chi connectivity index (χ3n) is 1.41. The van der Waals surface area contributed by atoms with E-state index in [1.165, 1.54) is 0 Å². The molecule has 0 aromatic carbocycles. The molecule has 2 nitrogen and oxygen atoms in total. The van der Waals surface area contributed by atoms with Crippen LogP contribution in [0.15, 0.2) is 0 Å². The molecule has 0 radical (unpaired) electrons. The van der Waals surface area contributed by atoms with Gasteiger partial charge in [0.1, 0.15) is 0 Å². The molecule has 0 aromatic heterocycles. The van der Waals surface area contributed by atoms with Crippen molar-refractivity contribution in [3.8, 4) is 12.3 Å². The molecule has 0 N–H and O–H groups in total. The first-order chi connectivity index (χ1) is 5.20. The lowest BCUT2D eigenvalue weighted by molar-refractivity contribution is -0.131. The Hall–Kier alpha value is -0.970. The highest BCUT2D eigenvalue weighted by molar-refractivity contribution is 5.38. The number of ether oxygens (including phenoxy) is 1. The van der Waals surface area contributed by atoms with Crippen LogP contribution < -0.4 is 0 Å². The van der Waals surface area contributed by atoms with Gasteiger partial charge in [0, 0.05) is 0 Å². The monoisotopic (exact) mass is 154 g/mol. The van der Waals surface area contributed by atoms with Crippen molar-refractivity contribution < 1.29 is 9.53 Å². The number of hydrogen-bond acceptors (Lipinski definition) is 2. The van der Waals surface area contributed by atoms with E-state index in [0.29, 0.717) is 12.4 Å². The maximum Gasteiger partial charge on any atom is 0.294 e. The van der Waals surface area contributed by atoms with Gasteiger partial charge in [0.25, 0.3) is 6.47 Å². The molecule has 62 valence electrons. The summed E-state index contributed by atoms with van der Waals surface area (Å²) in [5, 5.41) is 0. The van der Waals surface area contributed by atoms with Gasteiger partial charge in [-0.3, -0.25) is 4.79 Å². The Morgan fingerprint density at radius 2 is 2.18 bits per heavy atom. The van der Waals surface area contributed by atoms with E-state index in [0.717, 1.165) is 12.8 Å². The highest BCUT2D eigenvalue weighted by Crippen LogP contribution is 2.07. The second kappa shape index (κ2) is 5.79. The highest BCUT2D eigenvalue weighted by atomic mass is 16.5. The zero-order valence-electron chi connectivity index (χ0n) is 7.04. The quantitative estimate of drug-likeness (QED) is 0.444. The summed E-state index contributed by atoms with van der Waals surface area (Å²) in [6, 6.07) is 0. The van der Waals surface area contributed by atoms with Gasteiger partial charge in [-0.1, -0.05) is 19.8 Å². The Morgan fingerprint density at radius 3 is 2.55 bits per heavy atom. The predicted molar refractivity (Wildman–Crippen MR) is 43.8 cm³/mol. The van der Waals surface area contributed by atoms with Gasteiger partial charge in [-0.05, 0) is 18.8 Å². The zero-order chi connectivity index (χ0) is 8.69. The van der Waals surface area contributed by atoms with Crippen LogP contribution in [0.25, 0.3) is 0 Å². The molecule has 0 bridgehead atoms. The van der Waals surface area contributed by atoms with E-state index in [-0.39, 0.29) is 6.10 Å². The summed E-state index contributed by atoms with van der Waals surface area (Å²) in [6.07, 6.45) is 6.52. The minimum atomic E-state index is -0.338. The van der Waals surface area contributed by atoms with Gasteiger partial charge in [-0.15, -0.1) is 6.42 Å². The molecule has 1 unspecified atom stereocenters. The average molecular weight is 154 g/mol. The van der Waals surface area contributed by atoms with Crippen LogP contribution in [-0.2, 0) is 9.53 Å². The molecule has 0 saturated heterocycles. The van der Waals surface area contributed by atoms with E-state index in [1.54, 1.807) is 0 Å². The van der Waals surface area contributed by atoms with Crippen LogP contribution in [0, 0.1) is 18.3 Å². The number of terminal acetylenes is 1. The van der Waals surface area contributed by atoms with Crippen molar-refractivity contribution in [1.82, 2.24) is 0 Å². The summed E-state index contributed by atoms with van der Waals surface area (Å²) in [7, 11) is 0. The van der Waals surface area contributed by atoms with Crippen LogP contribution >= 0.6 is 0 Å². The summed E-state index contributed by atoms with van der Waals surface area (Å²) >= 11 is 0. The van der Waals surface area contributed by atoms with E-state index in [2.05, 4.69) is 24.5 Å². The number of rotatable bonds is 5. The summed E-state index contributed by atoms with van der Waals surface area (Å²) in [4.78, 5) is 9.90. The molecule has 0 heterocycles. The van der Waals surface area contributed by atoms with Crippen molar-refractivity contribution in [2.45, 2.75) is 32.8 Å². The van der Waals surface area contributed by atoms with Gasteiger partial charge in [0.2, 0.25) is 0 Å². The van der Waals surface area contributed by atoms with Crippen LogP contribution in [0.2, 0.25) is 0 Å².